The van der Waals surface area contributed by atoms with Crippen LogP contribution in [0, 0.1) is 0 Å². The molecule has 25 heavy (non-hydrogen) atoms. The van der Waals surface area contributed by atoms with Crippen molar-refractivity contribution in [1.82, 2.24) is 10.7 Å². The Kier molecular flexibility index (Phi) is 9.19. The summed E-state index contributed by atoms with van der Waals surface area (Å²) in [6, 6.07) is 4.93. The topological polar surface area (TPSA) is 132 Å². The molecular weight excluding hydrogens is 396 g/mol. The third kappa shape index (κ3) is 8.27. The standard InChI is InChI=1S/C15H19BrN4O5/c1-24-6-2-5-18-14(22)15(23)20-19-8-10-3-4-12(11(16)7-10)25-9-13(17)21/h3-4,7-8H,2,5-6,9H2,1H3,(H2,17,21)(H,18,22)(H,20,23)/b19-8-. The first kappa shape index (κ1) is 20.6. The van der Waals surface area contributed by atoms with Gasteiger partial charge in [-0.15, -0.1) is 0 Å². The summed E-state index contributed by atoms with van der Waals surface area (Å²) >= 11 is 3.28. The maximum Gasteiger partial charge on any atom is 0.329 e. The van der Waals surface area contributed by atoms with E-state index in [4.69, 9.17) is 15.2 Å². The molecule has 10 heteroatoms. The van der Waals surface area contributed by atoms with E-state index in [9.17, 15) is 14.4 Å². The van der Waals surface area contributed by atoms with Crippen molar-refractivity contribution in [2.24, 2.45) is 10.8 Å². The van der Waals surface area contributed by atoms with Gasteiger partial charge in [0.25, 0.3) is 5.91 Å². The average molecular weight is 415 g/mol. The number of ether oxygens (including phenoxy) is 2. The van der Waals surface area contributed by atoms with E-state index in [1.165, 1.54) is 6.21 Å². The first-order chi connectivity index (χ1) is 11.9. The minimum atomic E-state index is -0.867. The summed E-state index contributed by atoms with van der Waals surface area (Å²) in [5.41, 5.74) is 7.77. The lowest BCUT2D eigenvalue weighted by atomic mass is 10.2. The Morgan fingerprint density at radius 2 is 2.08 bits per heavy atom. The molecule has 0 aliphatic heterocycles. The second kappa shape index (κ2) is 11.2. The Labute approximate surface area is 153 Å². The average Bonchev–Trinajstić information content (AvgIpc) is 2.57. The van der Waals surface area contributed by atoms with Crippen LogP contribution in [0.2, 0.25) is 0 Å². The lowest BCUT2D eigenvalue weighted by Crippen LogP contribution is -2.38. The van der Waals surface area contributed by atoms with Gasteiger partial charge in [-0.3, -0.25) is 14.4 Å². The first-order valence-electron chi connectivity index (χ1n) is 7.25. The number of hydrazone groups is 1. The monoisotopic (exact) mass is 414 g/mol. The van der Waals surface area contributed by atoms with Gasteiger partial charge >= 0.3 is 11.8 Å². The van der Waals surface area contributed by atoms with Gasteiger partial charge in [0.2, 0.25) is 0 Å². The number of primary amides is 1. The summed E-state index contributed by atoms with van der Waals surface area (Å²) in [7, 11) is 1.55. The van der Waals surface area contributed by atoms with Gasteiger partial charge in [-0.05, 0) is 46.1 Å². The molecule has 0 unspecified atom stereocenters. The molecule has 1 aromatic rings. The van der Waals surface area contributed by atoms with Crippen molar-refractivity contribution in [1.29, 1.82) is 0 Å². The molecular formula is C15H19BrN4O5. The number of nitrogens with zero attached hydrogens (tertiary/aromatic N) is 1. The lowest BCUT2D eigenvalue weighted by Gasteiger charge is -2.06. The molecule has 0 saturated heterocycles. The number of amides is 3. The Morgan fingerprint density at radius 1 is 1.32 bits per heavy atom. The molecule has 0 aliphatic carbocycles. The number of halogens is 1. The highest BCUT2D eigenvalue weighted by Crippen LogP contribution is 2.25. The zero-order valence-corrected chi connectivity index (χ0v) is 15.2. The van der Waals surface area contributed by atoms with Crippen LogP contribution in [0.5, 0.6) is 5.75 Å². The smallest absolute Gasteiger partial charge is 0.329 e. The Bertz CT molecular complexity index is 651. The van der Waals surface area contributed by atoms with E-state index >= 15 is 0 Å². The summed E-state index contributed by atoms with van der Waals surface area (Å²) in [5, 5.41) is 6.15. The zero-order valence-electron chi connectivity index (χ0n) is 13.6. The molecule has 0 aromatic heterocycles. The van der Waals surface area contributed by atoms with Crippen LogP contribution in [0.1, 0.15) is 12.0 Å². The molecule has 9 nitrogen and oxygen atoms in total. The number of methoxy groups -OCH3 is 1. The Morgan fingerprint density at radius 3 is 2.72 bits per heavy atom. The molecule has 136 valence electrons. The van der Waals surface area contributed by atoms with E-state index in [1.54, 1.807) is 25.3 Å². The minimum absolute atomic E-state index is 0.235. The van der Waals surface area contributed by atoms with E-state index in [1.807, 2.05) is 0 Å². The highest BCUT2D eigenvalue weighted by atomic mass is 79.9. The van der Waals surface area contributed by atoms with Crippen molar-refractivity contribution in [2.75, 3.05) is 26.9 Å². The highest BCUT2D eigenvalue weighted by molar-refractivity contribution is 9.10. The van der Waals surface area contributed by atoms with Gasteiger partial charge in [0.1, 0.15) is 5.75 Å². The van der Waals surface area contributed by atoms with Crippen LogP contribution in [0.15, 0.2) is 27.8 Å². The fourth-order valence-corrected chi connectivity index (χ4v) is 2.09. The zero-order chi connectivity index (χ0) is 18.7. The van der Waals surface area contributed by atoms with Crippen LogP contribution in [0.3, 0.4) is 0 Å². The maximum atomic E-state index is 11.5. The molecule has 0 bridgehead atoms. The largest absolute Gasteiger partial charge is 0.483 e. The Balaban J connectivity index is 2.47. The summed E-state index contributed by atoms with van der Waals surface area (Å²) in [5.74, 6) is -1.78. The van der Waals surface area contributed by atoms with Crippen LogP contribution < -0.4 is 21.2 Å². The van der Waals surface area contributed by atoms with Crippen LogP contribution in [-0.2, 0) is 19.1 Å². The number of nitrogens with one attached hydrogen (secondary N) is 2. The van der Waals surface area contributed by atoms with E-state index in [2.05, 4.69) is 31.8 Å². The molecule has 0 aliphatic rings. The SMILES string of the molecule is COCCCNC(=O)C(=O)N/N=C\c1ccc(OCC(N)=O)c(Br)c1. The molecule has 0 saturated carbocycles. The van der Waals surface area contributed by atoms with Crippen molar-refractivity contribution >= 4 is 39.9 Å². The predicted octanol–water partition coefficient (Wildman–Crippen LogP) is -0.0840. The molecule has 0 atom stereocenters. The molecule has 1 rings (SSSR count). The molecule has 0 spiro atoms. The molecule has 0 radical (unpaired) electrons. The lowest BCUT2D eigenvalue weighted by molar-refractivity contribution is -0.139. The van der Waals surface area contributed by atoms with Gasteiger partial charge in [0.15, 0.2) is 6.61 Å². The molecule has 4 N–H and O–H groups in total. The van der Waals surface area contributed by atoms with Crippen molar-refractivity contribution in [3.63, 3.8) is 0 Å². The fraction of sp³-hybridized carbons (Fsp3) is 0.333. The summed E-state index contributed by atoms with van der Waals surface area (Å²) in [6.45, 7) is 0.596. The molecule has 1 aromatic carbocycles. The number of hydrogen-bond donors (Lipinski definition) is 3. The molecule has 0 heterocycles. The van der Waals surface area contributed by atoms with Gasteiger partial charge in [0.05, 0.1) is 10.7 Å². The third-order valence-electron chi connectivity index (χ3n) is 2.72. The quantitative estimate of drug-likeness (QED) is 0.225. The van der Waals surface area contributed by atoms with Gasteiger partial charge in [0, 0.05) is 20.3 Å². The number of carbonyl (C=O) groups excluding carboxylic acids is 3. The van der Waals surface area contributed by atoms with Crippen LogP contribution in [0.25, 0.3) is 0 Å². The number of carbonyl (C=O) groups is 3. The van der Waals surface area contributed by atoms with E-state index in [-0.39, 0.29) is 6.61 Å². The second-order valence-corrected chi connectivity index (χ2v) is 5.60. The predicted molar refractivity (Wildman–Crippen MR) is 94.1 cm³/mol. The third-order valence-corrected chi connectivity index (χ3v) is 3.34. The maximum absolute atomic E-state index is 11.5. The van der Waals surface area contributed by atoms with Crippen LogP contribution in [-0.4, -0.2) is 50.8 Å². The van der Waals surface area contributed by atoms with Gasteiger partial charge in [-0.2, -0.15) is 5.10 Å². The summed E-state index contributed by atoms with van der Waals surface area (Å²) < 4.78 is 10.6. The highest BCUT2D eigenvalue weighted by Gasteiger charge is 2.11. The van der Waals surface area contributed by atoms with E-state index in [0.29, 0.717) is 35.4 Å². The number of rotatable bonds is 9. The number of hydrogen-bond acceptors (Lipinski definition) is 6. The molecule has 0 fully saturated rings. The van der Waals surface area contributed by atoms with E-state index < -0.39 is 17.7 Å². The van der Waals surface area contributed by atoms with Crippen molar-refractivity contribution < 1.29 is 23.9 Å². The first-order valence-corrected chi connectivity index (χ1v) is 8.04. The second-order valence-electron chi connectivity index (χ2n) is 4.75. The number of nitrogens with two attached hydrogens (primary N) is 1. The normalized spacial score (nSPS) is 10.5. The van der Waals surface area contributed by atoms with Gasteiger partial charge in [-0.1, -0.05) is 0 Å². The summed E-state index contributed by atoms with van der Waals surface area (Å²) in [6.07, 6.45) is 1.97. The number of benzene rings is 1. The van der Waals surface area contributed by atoms with Crippen LogP contribution >= 0.6 is 15.9 Å². The van der Waals surface area contributed by atoms with Gasteiger partial charge in [-0.25, -0.2) is 5.43 Å². The fourth-order valence-electron chi connectivity index (χ4n) is 1.58. The van der Waals surface area contributed by atoms with Crippen molar-refractivity contribution in [2.45, 2.75) is 6.42 Å². The Hall–Kier alpha value is -2.46. The molecule has 3 amide bonds. The van der Waals surface area contributed by atoms with Crippen molar-refractivity contribution in [3.05, 3.63) is 28.2 Å². The van der Waals surface area contributed by atoms with Gasteiger partial charge < -0.3 is 20.5 Å². The minimum Gasteiger partial charge on any atom is -0.483 e. The summed E-state index contributed by atoms with van der Waals surface area (Å²) in [4.78, 5) is 33.7. The van der Waals surface area contributed by atoms with Crippen LogP contribution in [0.4, 0.5) is 0 Å². The van der Waals surface area contributed by atoms with E-state index in [0.717, 1.165) is 0 Å². The van der Waals surface area contributed by atoms with Crippen molar-refractivity contribution in [3.8, 4) is 5.75 Å².